The number of carbonyl (C=O) groups excluding carboxylic acids is 1. The van der Waals surface area contributed by atoms with Crippen LogP contribution in [0.1, 0.15) is 23.7 Å². The van der Waals surface area contributed by atoms with Crippen molar-refractivity contribution in [3.05, 3.63) is 34.3 Å². The van der Waals surface area contributed by atoms with Crippen LogP contribution in [0, 0.1) is 0 Å². The Bertz CT molecular complexity index is 406. The molecule has 0 aliphatic heterocycles. The maximum atomic E-state index is 11.7. The first-order valence-corrected chi connectivity index (χ1v) is 5.63. The summed E-state index contributed by atoms with van der Waals surface area (Å²) < 4.78 is 0.781. The lowest BCUT2D eigenvalue weighted by molar-refractivity contribution is -0.139. The molecule has 1 aromatic rings. The molecule has 0 fully saturated rings. The Labute approximate surface area is 102 Å². The minimum Gasteiger partial charge on any atom is -0.480 e. The van der Waals surface area contributed by atoms with Gasteiger partial charge in [-0.1, -0.05) is 28.9 Å². The lowest BCUT2D eigenvalue weighted by Crippen LogP contribution is -2.40. The van der Waals surface area contributed by atoms with E-state index in [9.17, 15) is 9.59 Å². The van der Waals surface area contributed by atoms with Gasteiger partial charge in [0, 0.05) is 10.0 Å². The molecule has 0 aliphatic rings. The van der Waals surface area contributed by atoms with Gasteiger partial charge in [0.15, 0.2) is 0 Å². The van der Waals surface area contributed by atoms with Gasteiger partial charge in [-0.15, -0.1) is 0 Å². The number of benzene rings is 1. The van der Waals surface area contributed by atoms with E-state index in [1.165, 1.54) is 0 Å². The molecule has 0 radical (unpaired) electrons. The van der Waals surface area contributed by atoms with E-state index in [-0.39, 0.29) is 5.91 Å². The van der Waals surface area contributed by atoms with Crippen LogP contribution in [0.5, 0.6) is 0 Å². The SMILES string of the molecule is CC[C@H](NC(=O)c1cccc(Br)c1)C(=O)O. The average Bonchev–Trinajstić information content (AvgIpc) is 2.25. The van der Waals surface area contributed by atoms with Crippen molar-refractivity contribution in [1.29, 1.82) is 0 Å². The van der Waals surface area contributed by atoms with Crippen LogP contribution in [0.3, 0.4) is 0 Å². The first-order chi connectivity index (χ1) is 7.54. The van der Waals surface area contributed by atoms with Crippen molar-refractivity contribution in [2.45, 2.75) is 19.4 Å². The molecule has 2 N–H and O–H groups in total. The second-order valence-electron chi connectivity index (χ2n) is 3.28. The average molecular weight is 286 g/mol. The number of hydrogen-bond acceptors (Lipinski definition) is 2. The van der Waals surface area contributed by atoms with Crippen LogP contribution in [0.15, 0.2) is 28.7 Å². The van der Waals surface area contributed by atoms with E-state index in [1.54, 1.807) is 31.2 Å². The molecular weight excluding hydrogens is 274 g/mol. The van der Waals surface area contributed by atoms with E-state index in [2.05, 4.69) is 21.2 Å². The van der Waals surface area contributed by atoms with Crippen molar-refractivity contribution in [1.82, 2.24) is 5.32 Å². The lowest BCUT2D eigenvalue weighted by Gasteiger charge is -2.12. The summed E-state index contributed by atoms with van der Waals surface area (Å²) >= 11 is 3.25. The number of aliphatic carboxylic acids is 1. The highest BCUT2D eigenvalue weighted by molar-refractivity contribution is 9.10. The third-order valence-corrected chi connectivity index (χ3v) is 2.59. The van der Waals surface area contributed by atoms with E-state index in [1.807, 2.05) is 0 Å². The molecule has 1 amide bonds. The van der Waals surface area contributed by atoms with Crippen molar-refractivity contribution in [2.24, 2.45) is 0 Å². The summed E-state index contributed by atoms with van der Waals surface area (Å²) in [5.41, 5.74) is 0.439. The van der Waals surface area contributed by atoms with E-state index in [0.29, 0.717) is 12.0 Å². The van der Waals surface area contributed by atoms with Crippen LogP contribution in [0.25, 0.3) is 0 Å². The van der Waals surface area contributed by atoms with Gasteiger partial charge in [-0.05, 0) is 24.6 Å². The standard InChI is InChI=1S/C11H12BrNO3/c1-2-9(11(15)16)13-10(14)7-4-3-5-8(12)6-7/h3-6,9H,2H2,1H3,(H,13,14)(H,15,16)/t9-/m0/s1. The molecule has 1 aromatic carbocycles. The third kappa shape index (κ3) is 3.34. The molecule has 1 rings (SSSR count). The fourth-order valence-electron chi connectivity index (χ4n) is 1.21. The summed E-state index contributed by atoms with van der Waals surface area (Å²) in [6.45, 7) is 1.71. The number of rotatable bonds is 4. The zero-order chi connectivity index (χ0) is 12.1. The molecule has 0 spiro atoms. The van der Waals surface area contributed by atoms with E-state index < -0.39 is 12.0 Å². The molecule has 0 unspecified atom stereocenters. The Morgan fingerprint density at radius 1 is 1.50 bits per heavy atom. The van der Waals surface area contributed by atoms with Crippen molar-refractivity contribution in [3.8, 4) is 0 Å². The van der Waals surface area contributed by atoms with Crippen LogP contribution in [0.2, 0.25) is 0 Å². The first-order valence-electron chi connectivity index (χ1n) is 4.83. The fourth-order valence-corrected chi connectivity index (χ4v) is 1.61. The van der Waals surface area contributed by atoms with Crippen LogP contribution in [-0.4, -0.2) is 23.0 Å². The van der Waals surface area contributed by atoms with Crippen molar-refractivity contribution in [3.63, 3.8) is 0 Å². The zero-order valence-electron chi connectivity index (χ0n) is 8.74. The van der Waals surface area contributed by atoms with Gasteiger partial charge >= 0.3 is 5.97 Å². The Balaban J connectivity index is 2.75. The third-order valence-electron chi connectivity index (χ3n) is 2.10. The van der Waals surface area contributed by atoms with Gasteiger partial charge in [-0.3, -0.25) is 4.79 Å². The molecule has 0 saturated carbocycles. The van der Waals surface area contributed by atoms with Gasteiger partial charge in [-0.2, -0.15) is 0 Å². The minimum atomic E-state index is -1.02. The number of hydrogen-bond donors (Lipinski definition) is 2. The highest BCUT2D eigenvalue weighted by Crippen LogP contribution is 2.11. The predicted octanol–water partition coefficient (Wildman–Crippen LogP) is 2.04. The van der Waals surface area contributed by atoms with Crippen molar-refractivity contribution in [2.75, 3.05) is 0 Å². The second kappa shape index (κ2) is 5.65. The van der Waals surface area contributed by atoms with Gasteiger partial charge in [0.05, 0.1) is 0 Å². The Morgan fingerprint density at radius 2 is 2.19 bits per heavy atom. The largest absolute Gasteiger partial charge is 0.480 e. The lowest BCUT2D eigenvalue weighted by atomic mass is 10.1. The van der Waals surface area contributed by atoms with Crippen molar-refractivity contribution >= 4 is 27.8 Å². The van der Waals surface area contributed by atoms with Crippen molar-refractivity contribution < 1.29 is 14.7 Å². The van der Waals surface area contributed by atoms with Gasteiger partial charge in [0.2, 0.25) is 0 Å². The smallest absolute Gasteiger partial charge is 0.326 e. The maximum absolute atomic E-state index is 11.7. The highest BCUT2D eigenvalue weighted by Gasteiger charge is 2.18. The van der Waals surface area contributed by atoms with Crippen LogP contribution < -0.4 is 5.32 Å². The molecule has 1 atom stereocenters. The topological polar surface area (TPSA) is 66.4 Å². The first kappa shape index (κ1) is 12.7. The zero-order valence-corrected chi connectivity index (χ0v) is 10.3. The van der Waals surface area contributed by atoms with Gasteiger partial charge in [-0.25, -0.2) is 4.79 Å². The summed E-state index contributed by atoms with van der Waals surface area (Å²) in [5.74, 6) is -1.40. The van der Waals surface area contributed by atoms with Crippen LogP contribution in [-0.2, 0) is 4.79 Å². The summed E-state index contributed by atoms with van der Waals surface area (Å²) in [5, 5.41) is 11.2. The normalized spacial score (nSPS) is 11.9. The number of carbonyl (C=O) groups is 2. The Morgan fingerprint density at radius 3 is 2.69 bits per heavy atom. The van der Waals surface area contributed by atoms with Gasteiger partial charge in [0.1, 0.15) is 6.04 Å². The van der Waals surface area contributed by atoms with Gasteiger partial charge < -0.3 is 10.4 Å². The second-order valence-corrected chi connectivity index (χ2v) is 4.20. The summed E-state index contributed by atoms with van der Waals surface area (Å²) in [6.07, 6.45) is 0.356. The molecule has 0 saturated heterocycles. The number of amides is 1. The summed E-state index contributed by atoms with van der Waals surface area (Å²) in [4.78, 5) is 22.4. The van der Waals surface area contributed by atoms with E-state index in [0.717, 1.165) is 4.47 Å². The molecule has 16 heavy (non-hydrogen) atoms. The number of nitrogens with one attached hydrogen (secondary N) is 1. The molecule has 4 nitrogen and oxygen atoms in total. The maximum Gasteiger partial charge on any atom is 0.326 e. The Kier molecular flexibility index (Phi) is 4.49. The quantitative estimate of drug-likeness (QED) is 0.890. The Hall–Kier alpha value is -1.36. The molecule has 5 heteroatoms. The predicted molar refractivity (Wildman–Crippen MR) is 63.3 cm³/mol. The number of carboxylic acids is 1. The van der Waals surface area contributed by atoms with Gasteiger partial charge in [0.25, 0.3) is 5.91 Å². The molecule has 0 heterocycles. The molecule has 0 bridgehead atoms. The minimum absolute atomic E-state index is 0.356. The van der Waals surface area contributed by atoms with Crippen LogP contribution in [0.4, 0.5) is 0 Å². The summed E-state index contributed by atoms with van der Waals surface area (Å²) in [7, 11) is 0. The van der Waals surface area contributed by atoms with Crippen LogP contribution >= 0.6 is 15.9 Å². The molecule has 86 valence electrons. The molecule has 0 aromatic heterocycles. The molecule has 0 aliphatic carbocycles. The summed E-state index contributed by atoms with van der Waals surface area (Å²) in [6, 6.07) is 5.95. The fraction of sp³-hybridized carbons (Fsp3) is 0.273. The van der Waals surface area contributed by atoms with E-state index >= 15 is 0 Å². The molecular formula is C11H12BrNO3. The monoisotopic (exact) mass is 285 g/mol. The number of carboxylic acid groups (broad SMARTS) is 1. The number of halogens is 1. The highest BCUT2D eigenvalue weighted by atomic mass is 79.9. The van der Waals surface area contributed by atoms with E-state index in [4.69, 9.17) is 5.11 Å².